The van der Waals surface area contributed by atoms with E-state index in [2.05, 4.69) is 0 Å². The molecule has 0 aromatic rings. The summed E-state index contributed by atoms with van der Waals surface area (Å²) in [6.07, 6.45) is 2.18. The van der Waals surface area contributed by atoms with E-state index in [0.717, 1.165) is 0 Å². The fourth-order valence-electron chi connectivity index (χ4n) is 0.916. The number of rotatable bonds is 6. The first-order chi connectivity index (χ1) is 7.09. The second-order valence-electron chi connectivity index (χ2n) is 3.37. The third kappa shape index (κ3) is 5.17. The van der Waals surface area contributed by atoms with Crippen molar-refractivity contribution in [3.63, 3.8) is 0 Å². The molecule has 15 heavy (non-hydrogen) atoms. The van der Waals surface area contributed by atoms with Gasteiger partial charge in [-0.3, -0.25) is 4.79 Å². The van der Waals surface area contributed by atoms with Crippen molar-refractivity contribution in [2.45, 2.75) is 25.9 Å². The van der Waals surface area contributed by atoms with Crippen molar-refractivity contribution in [3.8, 4) is 0 Å². The van der Waals surface area contributed by atoms with E-state index in [1.807, 2.05) is 0 Å². The van der Waals surface area contributed by atoms with Crippen LogP contribution in [0.2, 0.25) is 0 Å². The molecule has 1 fully saturated rings. The van der Waals surface area contributed by atoms with E-state index >= 15 is 0 Å². The Balaban J connectivity index is 2.09. The molecule has 0 saturated carbocycles. The van der Waals surface area contributed by atoms with Gasteiger partial charge in [-0.05, 0) is 13.3 Å². The molecule has 1 aliphatic rings. The van der Waals surface area contributed by atoms with E-state index in [4.69, 9.17) is 14.6 Å². The topological polar surface area (TPSA) is 76.1 Å². The van der Waals surface area contributed by atoms with Crippen LogP contribution in [0.3, 0.4) is 0 Å². The number of hydrogen-bond donors (Lipinski definition) is 1. The third-order valence-corrected chi connectivity index (χ3v) is 1.97. The molecule has 0 aliphatic carbocycles. The average molecular weight is 214 g/mol. The molecule has 1 heterocycles. The second kappa shape index (κ2) is 5.50. The molecule has 1 aliphatic heterocycles. The number of carbonyl (C=O) groups excluding carboxylic acids is 1. The van der Waals surface area contributed by atoms with Gasteiger partial charge < -0.3 is 14.6 Å². The Labute approximate surface area is 87.7 Å². The van der Waals surface area contributed by atoms with Crippen LogP contribution in [0.5, 0.6) is 0 Å². The zero-order chi connectivity index (χ0) is 11.3. The van der Waals surface area contributed by atoms with Gasteiger partial charge in [-0.25, -0.2) is 4.79 Å². The highest BCUT2D eigenvalue weighted by molar-refractivity contribution is 5.85. The van der Waals surface area contributed by atoms with Crippen molar-refractivity contribution in [3.05, 3.63) is 11.6 Å². The second-order valence-corrected chi connectivity index (χ2v) is 3.37. The molecular formula is C10H14O5. The van der Waals surface area contributed by atoms with Gasteiger partial charge in [0.1, 0.15) is 12.7 Å². The molecule has 0 aromatic heterocycles. The lowest BCUT2D eigenvalue weighted by molar-refractivity contribution is -0.144. The molecular weight excluding hydrogens is 200 g/mol. The van der Waals surface area contributed by atoms with E-state index in [-0.39, 0.29) is 24.1 Å². The number of aliphatic carboxylic acids is 1. The summed E-state index contributed by atoms with van der Waals surface area (Å²) in [4.78, 5) is 21.5. The minimum Gasteiger partial charge on any atom is -0.478 e. The van der Waals surface area contributed by atoms with Gasteiger partial charge in [-0.2, -0.15) is 0 Å². The molecule has 1 unspecified atom stereocenters. The molecule has 5 nitrogen and oxygen atoms in total. The number of ether oxygens (including phenoxy) is 2. The molecule has 1 rings (SSSR count). The molecule has 1 N–H and O–H groups in total. The summed E-state index contributed by atoms with van der Waals surface area (Å²) in [5.41, 5.74) is 0.244. The number of carbonyl (C=O) groups is 2. The summed E-state index contributed by atoms with van der Waals surface area (Å²) in [6.45, 7) is 2.46. The quantitative estimate of drug-likeness (QED) is 0.401. The number of allylic oxidation sites excluding steroid dienone is 1. The Bertz CT molecular complexity index is 278. The van der Waals surface area contributed by atoms with Crippen molar-refractivity contribution in [2.75, 3.05) is 13.2 Å². The fourth-order valence-corrected chi connectivity index (χ4v) is 0.916. The van der Waals surface area contributed by atoms with Crippen molar-refractivity contribution in [1.29, 1.82) is 0 Å². The first kappa shape index (κ1) is 11.7. The van der Waals surface area contributed by atoms with Gasteiger partial charge in [0, 0.05) is 12.0 Å². The maximum absolute atomic E-state index is 11.1. The standard InChI is InChI=1S/C10H14O5/c1-7(10(12)13)3-2-4-9(11)15-6-8-5-14-8/h3,8H,2,4-6H2,1H3,(H,12,13). The van der Waals surface area contributed by atoms with E-state index in [1.165, 1.54) is 13.0 Å². The van der Waals surface area contributed by atoms with Crippen molar-refractivity contribution in [2.24, 2.45) is 0 Å². The van der Waals surface area contributed by atoms with Gasteiger partial charge in [-0.1, -0.05) is 6.08 Å². The maximum atomic E-state index is 11.1. The predicted molar refractivity (Wildman–Crippen MR) is 51.3 cm³/mol. The van der Waals surface area contributed by atoms with Crippen LogP contribution in [-0.4, -0.2) is 36.4 Å². The minimum absolute atomic E-state index is 0.0743. The SMILES string of the molecule is CC(=CCCC(=O)OCC1CO1)C(=O)O. The van der Waals surface area contributed by atoms with Gasteiger partial charge in [0.05, 0.1) is 6.61 Å². The van der Waals surface area contributed by atoms with Gasteiger partial charge >= 0.3 is 11.9 Å². The zero-order valence-corrected chi connectivity index (χ0v) is 8.56. The summed E-state index contributed by atoms with van der Waals surface area (Å²) in [6, 6.07) is 0. The molecule has 0 spiro atoms. The first-order valence-corrected chi connectivity index (χ1v) is 4.77. The molecule has 0 aromatic carbocycles. The molecule has 0 amide bonds. The summed E-state index contributed by atoms with van der Waals surface area (Å²) < 4.78 is 9.73. The van der Waals surface area contributed by atoms with Crippen LogP contribution in [0.15, 0.2) is 11.6 Å². The van der Waals surface area contributed by atoms with Gasteiger partial charge in [0.2, 0.25) is 0 Å². The minimum atomic E-state index is -0.963. The largest absolute Gasteiger partial charge is 0.478 e. The molecule has 1 saturated heterocycles. The maximum Gasteiger partial charge on any atom is 0.330 e. The molecule has 84 valence electrons. The van der Waals surface area contributed by atoms with Crippen LogP contribution < -0.4 is 0 Å². The van der Waals surface area contributed by atoms with Crippen LogP contribution in [0.1, 0.15) is 19.8 Å². The lowest BCUT2D eigenvalue weighted by Crippen LogP contribution is -2.09. The number of esters is 1. The van der Waals surface area contributed by atoms with E-state index in [9.17, 15) is 9.59 Å². The highest BCUT2D eigenvalue weighted by atomic mass is 16.6. The lowest BCUT2D eigenvalue weighted by atomic mass is 10.2. The molecule has 1 atom stereocenters. The van der Waals surface area contributed by atoms with Crippen molar-refractivity contribution in [1.82, 2.24) is 0 Å². The Kier molecular flexibility index (Phi) is 4.30. The lowest BCUT2D eigenvalue weighted by Gasteiger charge is -2.00. The Morgan fingerprint density at radius 2 is 2.27 bits per heavy atom. The van der Waals surface area contributed by atoms with Crippen LogP contribution in [0.25, 0.3) is 0 Å². The van der Waals surface area contributed by atoms with Crippen molar-refractivity contribution >= 4 is 11.9 Å². The Hall–Kier alpha value is -1.36. The van der Waals surface area contributed by atoms with E-state index in [1.54, 1.807) is 0 Å². The fraction of sp³-hybridized carbons (Fsp3) is 0.600. The van der Waals surface area contributed by atoms with E-state index < -0.39 is 5.97 Å². The number of hydrogen-bond acceptors (Lipinski definition) is 4. The highest BCUT2D eigenvalue weighted by Crippen LogP contribution is 2.09. The van der Waals surface area contributed by atoms with Gasteiger partial charge in [-0.15, -0.1) is 0 Å². The predicted octanol–water partition coefficient (Wildman–Crippen LogP) is 0.739. The summed E-state index contributed by atoms with van der Waals surface area (Å²) in [5.74, 6) is -1.28. The molecule has 5 heteroatoms. The Morgan fingerprint density at radius 3 is 2.80 bits per heavy atom. The monoisotopic (exact) mass is 214 g/mol. The van der Waals surface area contributed by atoms with Crippen LogP contribution >= 0.6 is 0 Å². The smallest absolute Gasteiger partial charge is 0.330 e. The normalized spacial score (nSPS) is 19.8. The zero-order valence-electron chi connectivity index (χ0n) is 8.56. The van der Waals surface area contributed by atoms with Crippen molar-refractivity contribution < 1.29 is 24.2 Å². The van der Waals surface area contributed by atoms with E-state index in [0.29, 0.717) is 19.6 Å². The van der Waals surface area contributed by atoms with Crippen LogP contribution in [0, 0.1) is 0 Å². The van der Waals surface area contributed by atoms with Crippen LogP contribution in [-0.2, 0) is 19.1 Å². The number of carboxylic acid groups (broad SMARTS) is 1. The summed E-state index contributed by atoms with van der Waals surface area (Å²) in [7, 11) is 0. The molecule has 0 bridgehead atoms. The molecule has 0 radical (unpaired) electrons. The van der Waals surface area contributed by atoms with Gasteiger partial charge in [0.15, 0.2) is 0 Å². The average Bonchev–Trinajstić information content (AvgIpc) is 2.97. The third-order valence-electron chi connectivity index (χ3n) is 1.97. The summed E-state index contributed by atoms with van der Waals surface area (Å²) >= 11 is 0. The van der Waals surface area contributed by atoms with Crippen LogP contribution in [0.4, 0.5) is 0 Å². The number of epoxide rings is 1. The first-order valence-electron chi connectivity index (χ1n) is 4.77. The highest BCUT2D eigenvalue weighted by Gasteiger charge is 2.23. The van der Waals surface area contributed by atoms with Gasteiger partial charge in [0.25, 0.3) is 0 Å². The number of carboxylic acids is 1. The Morgan fingerprint density at radius 1 is 1.60 bits per heavy atom. The summed E-state index contributed by atoms with van der Waals surface area (Å²) in [5, 5.41) is 8.53.